The number of hydrogen-bond acceptors (Lipinski definition) is 3. The van der Waals surface area contributed by atoms with E-state index in [-0.39, 0.29) is 0 Å². The highest BCUT2D eigenvalue weighted by Crippen LogP contribution is 2.16. The van der Waals surface area contributed by atoms with Gasteiger partial charge in [-0.3, -0.25) is 0 Å². The molecule has 0 amide bonds. The smallest absolute Gasteiger partial charge is 0.216 e. The van der Waals surface area contributed by atoms with E-state index in [2.05, 4.69) is 23.8 Å². The van der Waals surface area contributed by atoms with Gasteiger partial charge >= 0.3 is 0 Å². The molecule has 1 rings (SSSR count). The first-order valence-corrected chi connectivity index (χ1v) is 4.59. The van der Waals surface area contributed by atoms with Crippen molar-refractivity contribution < 1.29 is 4.74 Å². The van der Waals surface area contributed by atoms with Crippen molar-refractivity contribution in [3.8, 4) is 5.88 Å². The predicted molar refractivity (Wildman–Crippen MR) is 52.1 cm³/mol. The Bertz CT molecular complexity index is 262. The third-order valence-electron chi connectivity index (χ3n) is 1.89. The summed E-state index contributed by atoms with van der Waals surface area (Å²) in [7, 11) is 1.63. The van der Waals surface area contributed by atoms with Gasteiger partial charge in [0.1, 0.15) is 5.82 Å². The topological polar surface area (TPSA) is 35.0 Å². The molecule has 0 N–H and O–H groups in total. The van der Waals surface area contributed by atoms with Crippen LogP contribution in [0.2, 0.25) is 0 Å². The standard InChI is InChI=1S/C10H16N2O/c1-5-9-11-8(7(2)3)6-10(12-9)13-4/h6-7H,5H2,1-4H3. The third-order valence-corrected chi connectivity index (χ3v) is 1.89. The number of ether oxygens (including phenoxy) is 1. The van der Waals surface area contributed by atoms with Gasteiger partial charge in [0.25, 0.3) is 0 Å². The predicted octanol–water partition coefficient (Wildman–Crippen LogP) is 2.17. The van der Waals surface area contributed by atoms with Crippen molar-refractivity contribution >= 4 is 0 Å². The van der Waals surface area contributed by atoms with Crippen molar-refractivity contribution in [2.45, 2.75) is 33.1 Å². The van der Waals surface area contributed by atoms with E-state index >= 15 is 0 Å². The van der Waals surface area contributed by atoms with Crippen LogP contribution in [0.3, 0.4) is 0 Å². The minimum atomic E-state index is 0.419. The van der Waals surface area contributed by atoms with Gasteiger partial charge < -0.3 is 4.74 Å². The van der Waals surface area contributed by atoms with Crippen molar-refractivity contribution in [3.05, 3.63) is 17.6 Å². The van der Waals surface area contributed by atoms with Crippen molar-refractivity contribution in [2.75, 3.05) is 7.11 Å². The highest BCUT2D eigenvalue weighted by atomic mass is 16.5. The van der Waals surface area contributed by atoms with Crippen LogP contribution in [0.5, 0.6) is 5.88 Å². The quantitative estimate of drug-likeness (QED) is 0.715. The van der Waals surface area contributed by atoms with E-state index in [0.29, 0.717) is 11.8 Å². The summed E-state index contributed by atoms with van der Waals surface area (Å²) in [5.74, 6) is 1.93. The Morgan fingerprint density at radius 2 is 2.08 bits per heavy atom. The lowest BCUT2D eigenvalue weighted by atomic mass is 10.1. The molecule has 0 aromatic carbocycles. The van der Waals surface area contributed by atoms with Crippen molar-refractivity contribution in [1.29, 1.82) is 0 Å². The van der Waals surface area contributed by atoms with Crippen molar-refractivity contribution in [1.82, 2.24) is 9.97 Å². The second-order valence-corrected chi connectivity index (χ2v) is 3.26. The SMILES string of the molecule is CCc1nc(OC)cc(C(C)C)n1. The van der Waals surface area contributed by atoms with Gasteiger partial charge in [0.15, 0.2) is 0 Å². The minimum absolute atomic E-state index is 0.419. The van der Waals surface area contributed by atoms with Gasteiger partial charge in [0.2, 0.25) is 5.88 Å². The molecule has 3 nitrogen and oxygen atoms in total. The zero-order valence-electron chi connectivity index (χ0n) is 8.66. The molecule has 0 atom stereocenters. The molecule has 0 unspecified atom stereocenters. The second-order valence-electron chi connectivity index (χ2n) is 3.26. The molecule has 72 valence electrons. The highest BCUT2D eigenvalue weighted by molar-refractivity contribution is 5.18. The fourth-order valence-electron chi connectivity index (χ4n) is 1.05. The fraction of sp³-hybridized carbons (Fsp3) is 0.600. The van der Waals surface area contributed by atoms with Crippen LogP contribution in [-0.2, 0) is 6.42 Å². The summed E-state index contributed by atoms with van der Waals surface area (Å²) in [5, 5.41) is 0. The fourth-order valence-corrected chi connectivity index (χ4v) is 1.05. The summed E-state index contributed by atoms with van der Waals surface area (Å²) in [5.41, 5.74) is 1.05. The van der Waals surface area contributed by atoms with Crippen LogP contribution in [-0.4, -0.2) is 17.1 Å². The average Bonchev–Trinajstić information content (AvgIpc) is 2.16. The molecule has 1 heterocycles. The molecule has 0 radical (unpaired) electrons. The lowest BCUT2D eigenvalue weighted by Crippen LogP contribution is -2.02. The summed E-state index contributed by atoms with van der Waals surface area (Å²) in [6.45, 7) is 6.27. The monoisotopic (exact) mass is 180 g/mol. The maximum Gasteiger partial charge on any atom is 0.216 e. The molecule has 1 aromatic heterocycles. The first-order chi connectivity index (χ1) is 6.17. The lowest BCUT2D eigenvalue weighted by Gasteiger charge is -2.08. The van der Waals surface area contributed by atoms with Crippen molar-refractivity contribution in [2.24, 2.45) is 0 Å². The van der Waals surface area contributed by atoms with Crippen LogP contribution in [0, 0.1) is 0 Å². The summed E-state index contributed by atoms with van der Waals surface area (Å²) < 4.78 is 5.10. The first kappa shape index (κ1) is 9.96. The molecule has 0 fully saturated rings. The Hall–Kier alpha value is -1.12. The number of hydrogen-bond donors (Lipinski definition) is 0. The van der Waals surface area contributed by atoms with Crippen LogP contribution in [0.1, 0.15) is 38.2 Å². The third kappa shape index (κ3) is 2.41. The van der Waals surface area contributed by atoms with Gasteiger partial charge in [-0.2, -0.15) is 4.98 Å². The van der Waals surface area contributed by atoms with Gasteiger partial charge in [-0.25, -0.2) is 4.98 Å². The maximum absolute atomic E-state index is 5.10. The second kappa shape index (κ2) is 4.21. The number of nitrogens with zero attached hydrogens (tertiary/aromatic N) is 2. The van der Waals surface area contributed by atoms with Crippen molar-refractivity contribution in [3.63, 3.8) is 0 Å². The van der Waals surface area contributed by atoms with Gasteiger partial charge in [-0.05, 0) is 5.92 Å². The molecule has 0 aliphatic carbocycles. The number of aromatic nitrogens is 2. The molecule has 1 aromatic rings. The Labute approximate surface area is 79.2 Å². The van der Waals surface area contributed by atoms with Gasteiger partial charge in [-0.15, -0.1) is 0 Å². The summed E-state index contributed by atoms with van der Waals surface area (Å²) in [6.07, 6.45) is 0.844. The number of methoxy groups -OCH3 is 1. The lowest BCUT2D eigenvalue weighted by molar-refractivity contribution is 0.393. The van der Waals surface area contributed by atoms with E-state index in [0.717, 1.165) is 17.9 Å². The average molecular weight is 180 g/mol. The van der Waals surface area contributed by atoms with Crippen LogP contribution < -0.4 is 4.74 Å². The van der Waals surface area contributed by atoms with E-state index in [1.54, 1.807) is 7.11 Å². The molecule has 0 aliphatic heterocycles. The first-order valence-electron chi connectivity index (χ1n) is 4.59. The normalized spacial score (nSPS) is 10.5. The Kier molecular flexibility index (Phi) is 3.23. The molecule has 0 saturated carbocycles. The molecule has 0 bridgehead atoms. The summed E-state index contributed by atoms with van der Waals surface area (Å²) in [4.78, 5) is 8.63. The van der Waals surface area contributed by atoms with E-state index in [9.17, 15) is 0 Å². The van der Waals surface area contributed by atoms with Crippen LogP contribution >= 0.6 is 0 Å². The Morgan fingerprint density at radius 3 is 2.54 bits per heavy atom. The zero-order chi connectivity index (χ0) is 9.84. The van der Waals surface area contributed by atoms with E-state index < -0.39 is 0 Å². The molecule has 0 aliphatic rings. The van der Waals surface area contributed by atoms with Crippen LogP contribution in [0.25, 0.3) is 0 Å². The van der Waals surface area contributed by atoms with Crippen LogP contribution in [0.4, 0.5) is 0 Å². The Balaban J connectivity index is 3.07. The molecular weight excluding hydrogens is 164 g/mol. The van der Waals surface area contributed by atoms with E-state index in [1.807, 2.05) is 13.0 Å². The number of aryl methyl sites for hydroxylation is 1. The zero-order valence-corrected chi connectivity index (χ0v) is 8.66. The summed E-state index contributed by atoms with van der Waals surface area (Å²) in [6, 6.07) is 1.89. The summed E-state index contributed by atoms with van der Waals surface area (Å²) >= 11 is 0. The molecule has 0 spiro atoms. The largest absolute Gasteiger partial charge is 0.481 e. The molecule has 3 heteroatoms. The molecule has 13 heavy (non-hydrogen) atoms. The van der Waals surface area contributed by atoms with Gasteiger partial charge in [0, 0.05) is 12.5 Å². The number of rotatable bonds is 3. The maximum atomic E-state index is 5.10. The van der Waals surface area contributed by atoms with E-state index in [4.69, 9.17) is 4.74 Å². The van der Waals surface area contributed by atoms with E-state index in [1.165, 1.54) is 0 Å². The minimum Gasteiger partial charge on any atom is -0.481 e. The van der Waals surface area contributed by atoms with Crippen LogP contribution in [0.15, 0.2) is 6.07 Å². The Morgan fingerprint density at radius 1 is 1.38 bits per heavy atom. The van der Waals surface area contributed by atoms with Gasteiger partial charge in [-0.1, -0.05) is 20.8 Å². The highest BCUT2D eigenvalue weighted by Gasteiger charge is 2.06. The van der Waals surface area contributed by atoms with Gasteiger partial charge in [0.05, 0.1) is 12.8 Å². The molecular formula is C10H16N2O. The molecule has 0 saturated heterocycles.